The van der Waals surface area contributed by atoms with Gasteiger partial charge in [0.1, 0.15) is 0 Å². The van der Waals surface area contributed by atoms with Crippen LogP contribution in [-0.2, 0) is 25.0 Å². The topological polar surface area (TPSA) is 152 Å². The maximum absolute atomic E-state index is 11.8. The van der Waals surface area contributed by atoms with Crippen molar-refractivity contribution in [3.8, 4) is 0 Å². The molecule has 0 aromatic heterocycles. The van der Waals surface area contributed by atoms with Crippen LogP contribution in [0.4, 0.5) is 0 Å². The quantitative estimate of drug-likeness (QED) is 0.447. The summed E-state index contributed by atoms with van der Waals surface area (Å²) in [6, 6.07) is 3.36. The molecule has 1 aliphatic rings. The lowest BCUT2D eigenvalue weighted by atomic mass is 9.97. The van der Waals surface area contributed by atoms with Gasteiger partial charge in [-0.25, -0.2) is 9.59 Å². The standard InChI is InChI=1S/C12H6O9S2/c13-11-8-3-6(22(15,16)17)1-5-2-7(23(18,19)20)4-9(10(5)8)12(14)21-11/h1-4H,(H,15,16,17)(H,18,19,20). The number of benzene rings is 2. The van der Waals surface area contributed by atoms with E-state index in [2.05, 4.69) is 4.74 Å². The Hall–Kier alpha value is -2.34. The Morgan fingerprint density at radius 2 is 1.13 bits per heavy atom. The summed E-state index contributed by atoms with van der Waals surface area (Å²) in [5.41, 5.74) is -0.654. The first-order valence-electron chi connectivity index (χ1n) is 5.82. The van der Waals surface area contributed by atoms with Crippen LogP contribution < -0.4 is 0 Å². The van der Waals surface area contributed by atoms with Crippen LogP contribution in [0, 0.1) is 0 Å². The lowest BCUT2D eigenvalue weighted by Crippen LogP contribution is -2.21. The SMILES string of the molecule is O=C1OC(=O)c2cc(S(=O)(=O)O)cc3cc(S(=O)(=O)O)cc1c23. The Bertz CT molecular complexity index is 1030. The van der Waals surface area contributed by atoms with Crippen molar-refractivity contribution in [1.82, 2.24) is 0 Å². The molecule has 0 spiro atoms. The van der Waals surface area contributed by atoms with E-state index in [4.69, 9.17) is 9.11 Å². The Labute approximate surface area is 129 Å². The first-order chi connectivity index (χ1) is 10.5. The molecule has 0 radical (unpaired) electrons. The fourth-order valence-electron chi connectivity index (χ4n) is 2.27. The molecule has 11 heteroatoms. The summed E-state index contributed by atoms with van der Waals surface area (Å²) in [6.07, 6.45) is 0. The van der Waals surface area contributed by atoms with E-state index in [1.807, 2.05) is 0 Å². The highest BCUT2D eigenvalue weighted by Gasteiger charge is 2.31. The number of rotatable bonds is 2. The molecule has 2 aromatic carbocycles. The van der Waals surface area contributed by atoms with Gasteiger partial charge in [0.15, 0.2) is 0 Å². The average Bonchev–Trinajstić information content (AvgIpc) is 2.41. The third-order valence-corrected chi connectivity index (χ3v) is 4.88. The number of carbonyl (C=O) groups is 2. The Balaban J connectivity index is 2.55. The van der Waals surface area contributed by atoms with Crippen molar-refractivity contribution in [1.29, 1.82) is 0 Å². The molecule has 0 saturated heterocycles. The number of carbonyl (C=O) groups excluding carboxylic acids is 2. The van der Waals surface area contributed by atoms with Gasteiger partial charge >= 0.3 is 11.9 Å². The van der Waals surface area contributed by atoms with Crippen molar-refractivity contribution < 1.29 is 40.3 Å². The molecular formula is C12H6O9S2. The molecule has 2 N–H and O–H groups in total. The zero-order valence-corrected chi connectivity index (χ0v) is 12.5. The predicted molar refractivity (Wildman–Crippen MR) is 73.3 cm³/mol. The lowest BCUT2D eigenvalue weighted by molar-refractivity contribution is 0.0391. The van der Waals surface area contributed by atoms with Gasteiger partial charge in [0.25, 0.3) is 20.2 Å². The molecule has 3 rings (SSSR count). The molecule has 23 heavy (non-hydrogen) atoms. The number of ether oxygens (including phenoxy) is 1. The molecule has 9 nitrogen and oxygen atoms in total. The Kier molecular flexibility index (Phi) is 3.10. The highest BCUT2D eigenvalue weighted by molar-refractivity contribution is 7.86. The molecule has 0 amide bonds. The third-order valence-electron chi connectivity index (χ3n) is 3.22. The molecule has 0 fully saturated rings. The Morgan fingerprint density at radius 3 is 1.48 bits per heavy atom. The second-order valence-corrected chi connectivity index (χ2v) is 7.51. The van der Waals surface area contributed by atoms with Gasteiger partial charge in [0.2, 0.25) is 0 Å². The van der Waals surface area contributed by atoms with Crippen molar-refractivity contribution in [2.45, 2.75) is 9.79 Å². The van der Waals surface area contributed by atoms with E-state index < -0.39 is 42.0 Å². The summed E-state index contributed by atoms with van der Waals surface area (Å²) >= 11 is 0. The Morgan fingerprint density at radius 1 is 0.739 bits per heavy atom. The van der Waals surface area contributed by atoms with E-state index in [0.29, 0.717) is 0 Å². The van der Waals surface area contributed by atoms with Gasteiger partial charge in [-0.2, -0.15) is 16.8 Å². The van der Waals surface area contributed by atoms with Gasteiger partial charge in [-0.15, -0.1) is 0 Å². The number of esters is 2. The summed E-state index contributed by atoms with van der Waals surface area (Å²) in [4.78, 5) is 22.1. The molecule has 0 bridgehead atoms. The highest BCUT2D eigenvalue weighted by Crippen LogP contribution is 2.33. The molecule has 2 aromatic rings. The van der Waals surface area contributed by atoms with Gasteiger partial charge in [0.05, 0.1) is 20.9 Å². The van der Waals surface area contributed by atoms with Gasteiger partial charge in [-0.3, -0.25) is 9.11 Å². The van der Waals surface area contributed by atoms with Crippen LogP contribution in [0.1, 0.15) is 20.7 Å². The van der Waals surface area contributed by atoms with Crippen LogP contribution in [0.3, 0.4) is 0 Å². The fourth-order valence-corrected chi connectivity index (χ4v) is 3.36. The summed E-state index contributed by atoms with van der Waals surface area (Å²) in [5.74, 6) is -2.28. The van der Waals surface area contributed by atoms with E-state index in [0.717, 1.165) is 24.3 Å². The second kappa shape index (κ2) is 4.58. The van der Waals surface area contributed by atoms with E-state index in [1.165, 1.54) is 0 Å². The minimum atomic E-state index is -4.71. The molecule has 120 valence electrons. The van der Waals surface area contributed by atoms with Crippen LogP contribution in [0.5, 0.6) is 0 Å². The number of hydrogen-bond acceptors (Lipinski definition) is 7. The molecule has 0 unspecified atom stereocenters. The molecule has 1 heterocycles. The molecule has 0 atom stereocenters. The summed E-state index contributed by atoms with van der Waals surface area (Å²) in [7, 11) is -9.41. The largest absolute Gasteiger partial charge is 0.386 e. The third kappa shape index (κ3) is 2.49. The first-order valence-corrected chi connectivity index (χ1v) is 8.70. The molecule has 0 aliphatic carbocycles. The van der Waals surface area contributed by atoms with Crippen LogP contribution in [0.25, 0.3) is 10.8 Å². The first kappa shape index (κ1) is 15.6. The van der Waals surface area contributed by atoms with Crippen molar-refractivity contribution in [2.75, 3.05) is 0 Å². The minimum Gasteiger partial charge on any atom is -0.386 e. The number of hydrogen-bond donors (Lipinski definition) is 2. The maximum Gasteiger partial charge on any atom is 0.346 e. The van der Waals surface area contributed by atoms with Gasteiger partial charge in [0, 0.05) is 5.39 Å². The summed E-state index contributed by atoms with van der Waals surface area (Å²) in [5, 5.41) is -0.184. The maximum atomic E-state index is 11.8. The molecular weight excluding hydrogens is 352 g/mol. The van der Waals surface area contributed by atoms with Crippen LogP contribution in [0.15, 0.2) is 34.1 Å². The fraction of sp³-hybridized carbons (Fsp3) is 0. The zero-order chi connectivity index (χ0) is 17.2. The average molecular weight is 358 g/mol. The predicted octanol–water partition coefficient (Wildman–Crippen LogP) is 0.644. The van der Waals surface area contributed by atoms with Crippen molar-refractivity contribution >= 4 is 42.9 Å². The van der Waals surface area contributed by atoms with E-state index in [-0.39, 0.29) is 21.9 Å². The van der Waals surface area contributed by atoms with E-state index >= 15 is 0 Å². The molecule has 0 saturated carbocycles. The van der Waals surface area contributed by atoms with Crippen molar-refractivity contribution in [3.63, 3.8) is 0 Å². The van der Waals surface area contributed by atoms with E-state index in [9.17, 15) is 26.4 Å². The van der Waals surface area contributed by atoms with Crippen molar-refractivity contribution in [3.05, 3.63) is 35.4 Å². The number of cyclic esters (lactones) is 2. The highest BCUT2D eigenvalue weighted by atomic mass is 32.2. The summed E-state index contributed by atoms with van der Waals surface area (Å²) in [6.45, 7) is 0. The minimum absolute atomic E-state index is 0.0361. The normalized spacial score (nSPS) is 14.9. The molecule has 1 aliphatic heterocycles. The zero-order valence-electron chi connectivity index (χ0n) is 10.9. The summed E-state index contributed by atoms with van der Waals surface area (Å²) < 4.78 is 67.7. The monoisotopic (exact) mass is 358 g/mol. The second-order valence-electron chi connectivity index (χ2n) is 4.67. The van der Waals surface area contributed by atoms with Crippen LogP contribution >= 0.6 is 0 Å². The van der Waals surface area contributed by atoms with Crippen LogP contribution in [0.2, 0.25) is 0 Å². The lowest BCUT2D eigenvalue weighted by Gasteiger charge is -2.17. The van der Waals surface area contributed by atoms with Crippen molar-refractivity contribution in [2.24, 2.45) is 0 Å². The van der Waals surface area contributed by atoms with E-state index in [1.54, 1.807) is 0 Å². The van der Waals surface area contributed by atoms with Gasteiger partial charge < -0.3 is 4.74 Å². The van der Waals surface area contributed by atoms with Crippen LogP contribution in [-0.4, -0.2) is 37.9 Å². The van der Waals surface area contributed by atoms with Gasteiger partial charge in [-0.1, -0.05) is 0 Å². The smallest absolute Gasteiger partial charge is 0.346 e. The van der Waals surface area contributed by atoms with Gasteiger partial charge in [-0.05, 0) is 29.7 Å².